The van der Waals surface area contributed by atoms with Gasteiger partial charge in [-0.05, 0) is 6.42 Å². The van der Waals surface area contributed by atoms with Crippen LogP contribution in [0.15, 0.2) is 0 Å². The molecule has 1 unspecified atom stereocenters. The smallest absolute Gasteiger partial charge is 0.336 e. The van der Waals surface area contributed by atoms with Crippen molar-refractivity contribution in [2.24, 2.45) is 0 Å². The summed E-state index contributed by atoms with van der Waals surface area (Å²) in [4.78, 5) is 27.5. The van der Waals surface area contributed by atoms with Gasteiger partial charge in [-0.1, -0.05) is 0 Å². The lowest BCUT2D eigenvalue weighted by molar-refractivity contribution is -0.212. The lowest BCUT2D eigenvalue weighted by atomic mass is 9.99. The molecule has 1 atom stereocenters. The standard InChI is InChI=1S/C8H13NO5/c1-13-7(12)8(5-10)4-3-6(11)9(8)14-2/h10H,3-5H2,1-2H3. The highest BCUT2D eigenvalue weighted by Gasteiger charge is 2.53. The fraction of sp³-hybridized carbons (Fsp3) is 0.750. The molecule has 1 aliphatic rings. The summed E-state index contributed by atoms with van der Waals surface area (Å²) < 4.78 is 4.54. The summed E-state index contributed by atoms with van der Waals surface area (Å²) in [6.45, 7) is -0.501. The molecular weight excluding hydrogens is 190 g/mol. The molecule has 0 bridgehead atoms. The molecule has 0 aliphatic carbocycles. The van der Waals surface area contributed by atoms with Crippen molar-refractivity contribution in [2.75, 3.05) is 20.8 Å². The zero-order valence-corrected chi connectivity index (χ0v) is 8.15. The number of hydrogen-bond donors (Lipinski definition) is 1. The molecule has 0 spiro atoms. The molecule has 1 heterocycles. The number of amides is 1. The maximum Gasteiger partial charge on any atom is 0.336 e. The first-order valence-electron chi connectivity index (χ1n) is 4.19. The van der Waals surface area contributed by atoms with E-state index in [2.05, 4.69) is 4.74 Å². The van der Waals surface area contributed by atoms with Crippen LogP contribution in [-0.2, 0) is 19.2 Å². The number of rotatable bonds is 3. The average Bonchev–Trinajstić information content (AvgIpc) is 2.54. The maximum absolute atomic E-state index is 11.4. The molecule has 0 aromatic rings. The number of carbonyl (C=O) groups excluding carboxylic acids is 2. The van der Waals surface area contributed by atoms with Crippen LogP contribution >= 0.6 is 0 Å². The monoisotopic (exact) mass is 203 g/mol. The topological polar surface area (TPSA) is 76.1 Å². The highest BCUT2D eigenvalue weighted by Crippen LogP contribution is 2.31. The van der Waals surface area contributed by atoms with E-state index in [1.54, 1.807) is 0 Å². The molecule has 0 aromatic heterocycles. The number of ether oxygens (including phenoxy) is 1. The summed E-state index contributed by atoms with van der Waals surface area (Å²) in [5, 5.41) is 10.1. The van der Waals surface area contributed by atoms with Gasteiger partial charge in [0, 0.05) is 6.42 Å². The molecule has 0 saturated carbocycles. The van der Waals surface area contributed by atoms with E-state index in [1.165, 1.54) is 14.2 Å². The van der Waals surface area contributed by atoms with Gasteiger partial charge in [0.25, 0.3) is 0 Å². The van der Waals surface area contributed by atoms with E-state index >= 15 is 0 Å². The molecule has 1 aliphatic heterocycles. The van der Waals surface area contributed by atoms with Gasteiger partial charge in [0.15, 0.2) is 5.54 Å². The largest absolute Gasteiger partial charge is 0.467 e. The molecule has 1 saturated heterocycles. The average molecular weight is 203 g/mol. The van der Waals surface area contributed by atoms with Crippen molar-refractivity contribution in [1.29, 1.82) is 0 Å². The van der Waals surface area contributed by atoms with Crippen molar-refractivity contribution in [1.82, 2.24) is 5.06 Å². The van der Waals surface area contributed by atoms with Gasteiger partial charge in [-0.25, -0.2) is 9.86 Å². The second-order valence-corrected chi connectivity index (χ2v) is 3.05. The molecule has 1 fully saturated rings. The first kappa shape index (κ1) is 10.9. The SMILES string of the molecule is COC(=O)C1(CO)CCC(=O)N1OC. The lowest BCUT2D eigenvalue weighted by Gasteiger charge is -2.31. The van der Waals surface area contributed by atoms with E-state index < -0.39 is 18.1 Å². The minimum Gasteiger partial charge on any atom is -0.467 e. The second-order valence-electron chi connectivity index (χ2n) is 3.05. The van der Waals surface area contributed by atoms with Gasteiger partial charge in [-0.15, -0.1) is 0 Å². The molecule has 14 heavy (non-hydrogen) atoms. The van der Waals surface area contributed by atoms with Crippen molar-refractivity contribution in [3.63, 3.8) is 0 Å². The van der Waals surface area contributed by atoms with E-state index in [4.69, 9.17) is 9.94 Å². The zero-order chi connectivity index (χ0) is 10.8. The Labute approximate surface area is 81.3 Å². The molecule has 1 rings (SSSR count). The highest BCUT2D eigenvalue weighted by atomic mass is 16.7. The van der Waals surface area contributed by atoms with Crippen LogP contribution in [-0.4, -0.2) is 48.4 Å². The molecule has 0 aromatic carbocycles. The number of aliphatic hydroxyl groups is 1. The third kappa shape index (κ3) is 1.36. The Hall–Kier alpha value is -1.14. The highest BCUT2D eigenvalue weighted by molar-refractivity contribution is 5.91. The van der Waals surface area contributed by atoms with Gasteiger partial charge in [-0.2, -0.15) is 0 Å². The summed E-state index contributed by atoms with van der Waals surface area (Å²) in [6, 6.07) is 0. The van der Waals surface area contributed by atoms with Crippen LogP contribution in [0.3, 0.4) is 0 Å². The predicted molar refractivity (Wildman–Crippen MR) is 44.9 cm³/mol. The molecular formula is C8H13NO5. The Morgan fingerprint density at radius 1 is 1.64 bits per heavy atom. The summed E-state index contributed by atoms with van der Waals surface area (Å²) >= 11 is 0. The molecule has 0 radical (unpaired) electrons. The summed E-state index contributed by atoms with van der Waals surface area (Å²) in [5.41, 5.74) is -1.36. The first-order valence-corrected chi connectivity index (χ1v) is 4.19. The van der Waals surface area contributed by atoms with Crippen LogP contribution in [0.5, 0.6) is 0 Å². The Bertz CT molecular complexity index is 254. The first-order chi connectivity index (χ1) is 6.62. The molecule has 6 nitrogen and oxygen atoms in total. The van der Waals surface area contributed by atoms with Crippen LogP contribution in [0.2, 0.25) is 0 Å². The number of methoxy groups -OCH3 is 1. The normalized spacial score (nSPS) is 26.8. The van der Waals surface area contributed by atoms with Gasteiger partial charge in [0.1, 0.15) is 0 Å². The zero-order valence-electron chi connectivity index (χ0n) is 8.15. The molecule has 80 valence electrons. The Morgan fingerprint density at radius 3 is 2.71 bits per heavy atom. The number of hydroxylamine groups is 2. The predicted octanol–water partition coefficient (Wildman–Crippen LogP) is -0.926. The summed E-state index contributed by atoms with van der Waals surface area (Å²) in [6.07, 6.45) is 0.381. The quantitative estimate of drug-likeness (QED) is 0.600. The minimum atomic E-state index is -1.36. The number of hydrogen-bond acceptors (Lipinski definition) is 5. The molecule has 1 amide bonds. The molecule has 1 N–H and O–H groups in total. The Balaban J connectivity index is 2.99. The van der Waals surface area contributed by atoms with Gasteiger partial charge in [0.05, 0.1) is 20.8 Å². The van der Waals surface area contributed by atoms with Gasteiger partial charge in [0.2, 0.25) is 5.91 Å². The third-order valence-corrected chi connectivity index (χ3v) is 2.38. The van der Waals surface area contributed by atoms with Crippen molar-refractivity contribution >= 4 is 11.9 Å². The van der Waals surface area contributed by atoms with E-state index in [0.29, 0.717) is 0 Å². The number of nitrogens with zero attached hydrogens (tertiary/aromatic N) is 1. The van der Waals surface area contributed by atoms with Gasteiger partial charge in [-0.3, -0.25) is 9.63 Å². The van der Waals surface area contributed by atoms with Gasteiger partial charge >= 0.3 is 5.97 Å². The fourth-order valence-electron chi connectivity index (χ4n) is 1.61. The fourth-order valence-corrected chi connectivity index (χ4v) is 1.61. The van der Waals surface area contributed by atoms with Crippen LogP contribution in [0.1, 0.15) is 12.8 Å². The van der Waals surface area contributed by atoms with Crippen LogP contribution in [0.25, 0.3) is 0 Å². The lowest BCUT2D eigenvalue weighted by Crippen LogP contribution is -2.54. The van der Waals surface area contributed by atoms with Crippen LogP contribution < -0.4 is 0 Å². The van der Waals surface area contributed by atoms with E-state index in [9.17, 15) is 9.59 Å². The van der Waals surface area contributed by atoms with Crippen molar-refractivity contribution in [3.05, 3.63) is 0 Å². The van der Waals surface area contributed by atoms with Crippen molar-refractivity contribution < 1.29 is 24.3 Å². The van der Waals surface area contributed by atoms with Crippen LogP contribution in [0, 0.1) is 0 Å². The molecule has 6 heteroatoms. The number of aliphatic hydroxyl groups excluding tert-OH is 1. The van der Waals surface area contributed by atoms with E-state index in [-0.39, 0.29) is 18.7 Å². The maximum atomic E-state index is 11.4. The Kier molecular flexibility index (Phi) is 3.07. The van der Waals surface area contributed by atoms with Crippen LogP contribution in [0.4, 0.5) is 0 Å². The van der Waals surface area contributed by atoms with Crippen molar-refractivity contribution in [2.45, 2.75) is 18.4 Å². The van der Waals surface area contributed by atoms with Gasteiger partial charge < -0.3 is 9.84 Å². The van der Waals surface area contributed by atoms with E-state index in [0.717, 1.165) is 5.06 Å². The number of esters is 1. The number of carbonyl (C=O) groups is 2. The summed E-state index contributed by atoms with van der Waals surface area (Å²) in [7, 11) is 2.48. The minimum absolute atomic E-state index is 0.170. The summed E-state index contributed by atoms with van der Waals surface area (Å²) in [5.74, 6) is -0.986. The van der Waals surface area contributed by atoms with Crippen molar-refractivity contribution in [3.8, 4) is 0 Å². The Morgan fingerprint density at radius 2 is 2.29 bits per heavy atom. The third-order valence-electron chi connectivity index (χ3n) is 2.38. The second kappa shape index (κ2) is 3.93. The van der Waals surface area contributed by atoms with E-state index in [1.807, 2.05) is 0 Å².